The molecule has 760 valence electrons. The SMILES string of the molecule is CC[C@H](C)[C@H](NC(=O)[C@@H]1C[C@@H]2CCCC[C@@H]2N1C(=O)[C@@H]1CCCN1C(=O)[C@H](CC(C)C)NC(=O)[C@H](COC(C)(C)C)NC(=O)[C@H](CCCNC(=N)NS(=O)(=O)c1c(C)c(C)c2c(c1C)CC(C)(C)O2)NC(=O)[C@H](COC(C)(C)C)NC(=O)OCC1c2ccccc2-c2ccccc21)C(=O)N[C@@H](CSC(c1ccccc1)(c1ccccc1)c1ccccc1)C(=O)N[C@H](C(=O)OC1CCCCCC1)[C@@H](C)CC. The lowest BCUT2D eigenvalue weighted by molar-refractivity contribution is -0.155. The van der Waals surface area contributed by atoms with E-state index >= 15 is 38.4 Å². The van der Waals surface area contributed by atoms with E-state index in [1.807, 2.05) is 195 Å². The number of hydrogen-bond acceptors (Lipinski definition) is 19. The van der Waals surface area contributed by atoms with Crippen molar-refractivity contribution >= 4 is 87.1 Å². The third kappa shape index (κ3) is 26.9. The first kappa shape index (κ1) is 108. The van der Waals surface area contributed by atoms with Gasteiger partial charge in [-0.3, -0.25) is 43.8 Å². The molecule has 2 saturated carbocycles. The fourth-order valence-corrected chi connectivity index (χ4v) is 23.6. The molecule has 4 fully saturated rings. The molecule has 0 bridgehead atoms. The number of rotatable bonds is 41. The largest absolute Gasteiger partial charge is 0.487 e. The molecule has 2 saturated heterocycles. The van der Waals surface area contributed by atoms with E-state index in [1.54, 1.807) is 67.2 Å². The lowest BCUT2D eigenvalue weighted by atomic mass is 9.84. The average molecular weight is 1960 g/mol. The number of amides is 9. The van der Waals surface area contributed by atoms with Crippen LogP contribution >= 0.6 is 11.8 Å². The van der Waals surface area contributed by atoms with Gasteiger partial charge in [0, 0.05) is 42.8 Å². The molecule has 0 spiro atoms. The molecule has 140 heavy (non-hydrogen) atoms. The Morgan fingerprint density at radius 3 is 1.63 bits per heavy atom. The van der Waals surface area contributed by atoms with Gasteiger partial charge in [0.2, 0.25) is 53.2 Å². The van der Waals surface area contributed by atoms with Crippen LogP contribution in [0.1, 0.15) is 268 Å². The van der Waals surface area contributed by atoms with Crippen molar-refractivity contribution in [2.45, 2.75) is 339 Å². The molecule has 6 aromatic rings. The minimum absolute atomic E-state index is 0.0158. The molecular weight excluding hydrogens is 1810 g/mol. The lowest BCUT2D eigenvalue weighted by Gasteiger charge is -2.38. The summed E-state index contributed by atoms with van der Waals surface area (Å²) < 4.78 is 61.0. The Balaban J connectivity index is 0.787. The number of nitrogens with one attached hydrogen (secondary N) is 10. The van der Waals surface area contributed by atoms with Gasteiger partial charge in [0.05, 0.1) is 34.1 Å². The van der Waals surface area contributed by atoms with Crippen LogP contribution in [-0.2, 0) is 83.3 Å². The van der Waals surface area contributed by atoms with Crippen LogP contribution in [0.4, 0.5) is 4.79 Å². The highest BCUT2D eigenvalue weighted by molar-refractivity contribution is 8.00. The first-order valence-corrected chi connectivity index (χ1v) is 53.0. The molecule has 3 aliphatic heterocycles. The summed E-state index contributed by atoms with van der Waals surface area (Å²) in [5.41, 5.74) is 6.68. The van der Waals surface area contributed by atoms with Crippen LogP contribution in [0, 0.1) is 49.9 Å². The van der Waals surface area contributed by atoms with Crippen LogP contribution in [-0.4, -0.2) is 205 Å². The molecule has 31 heteroatoms. The predicted molar refractivity (Wildman–Crippen MR) is 543 cm³/mol. The molecule has 12 rings (SSSR count). The Kier molecular flexibility index (Phi) is 36.8. The van der Waals surface area contributed by atoms with Crippen molar-refractivity contribution in [1.82, 2.24) is 57.1 Å². The van der Waals surface area contributed by atoms with E-state index < -0.39 is 176 Å². The lowest BCUT2D eigenvalue weighted by Crippen LogP contribution is -2.62. The van der Waals surface area contributed by atoms with Gasteiger partial charge in [-0.25, -0.2) is 22.7 Å². The number of nitrogens with zero attached hydrogens (tertiary/aromatic N) is 2. The van der Waals surface area contributed by atoms with E-state index in [0.717, 1.165) is 102 Å². The van der Waals surface area contributed by atoms with E-state index in [2.05, 4.69) is 47.3 Å². The molecule has 3 aliphatic carbocycles. The summed E-state index contributed by atoms with van der Waals surface area (Å²) in [6.07, 6.45) is 9.14. The minimum Gasteiger partial charge on any atom is -0.487 e. The normalized spacial score (nSPS) is 19.5. The number of fused-ring (bicyclic) bond motifs is 5. The van der Waals surface area contributed by atoms with Crippen molar-refractivity contribution in [1.29, 1.82) is 5.41 Å². The second-order valence-electron chi connectivity index (χ2n) is 42.0. The Bertz CT molecular complexity index is 5330. The summed E-state index contributed by atoms with van der Waals surface area (Å²) >= 11 is 1.46. The van der Waals surface area contributed by atoms with Gasteiger partial charge in [0.15, 0.2) is 0 Å². The van der Waals surface area contributed by atoms with Gasteiger partial charge < -0.3 is 76.0 Å². The van der Waals surface area contributed by atoms with Crippen LogP contribution in [0.25, 0.3) is 11.1 Å². The summed E-state index contributed by atoms with van der Waals surface area (Å²) in [7, 11) is -4.38. The molecule has 9 amide bonds. The topological polar surface area (TPSA) is 390 Å². The van der Waals surface area contributed by atoms with Crippen molar-refractivity contribution in [3.63, 3.8) is 0 Å². The Morgan fingerprint density at radius 1 is 0.557 bits per heavy atom. The van der Waals surface area contributed by atoms with Gasteiger partial charge in [-0.05, 0) is 233 Å². The number of guanidine groups is 1. The molecule has 0 radical (unpaired) electrons. The van der Waals surface area contributed by atoms with E-state index in [4.69, 9.17) is 29.1 Å². The standard InChI is InChI=1S/C109H150N12O17S2/c1-18-67(5)91(100(127)115-87(98(125)118-92(68(6)19-2)103(130)137-76-48-31-20-21-32-49-76)65-139-109(73-42-25-22-26-43-73,74-44-27-23-28-45-74)75-46-29-24-30-47-75)117-99(126)90-60-72-41-33-38-55-88(72)121(90)102(129)89-56-40-58-120(89)101(128)84(59-66(3)4)113-96(123)85(63-135-106(10,11)12)114-95(122)83(54-39-57-111-104(110)119-140(132,133)94-70(8)69(7)93-81(71(94)9)61-108(16,17)138-93)112-97(124)86(64-136-107(13,14)15)116-105(131)134-62-82-79-52-36-34-50-77(79)78-51-35-37-53-80(78)82/h22-30,34-37,42-47,50-53,66-68,72,76,82-92H,18-21,31-33,38-41,48-49,54-65H2,1-17H3,(H,112,124)(H,113,123)(H,114,122)(H,115,127)(H,116,131)(H,117,126)(H,118,125)(H3,110,111,119)/t67-,68-,72-,83-,84-,85-,86-,87-,88-,89-,90-,91-,92-/m0/s1. The quantitative estimate of drug-likeness (QED) is 0.00425. The number of sulfonamides is 1. The maximum atomic E-state index is 16.1. The van der Waals surface area contributed by atoms with Crippen molar-refractivity contribution in [2.24, 2.45) is 23.7 Å². The summed E-state index contributed by atoms with van der Waals surface area (Å²) in [6.45, 7) is 30.0. The molecule has 3 heterocycles. The number of ether oxygens (including phenoxy) is 5. The van der Waals surface area contributed by atoms with Gasteiger partial charge in [0.1, 0.15) is 78.4 Å². The zero-order valence-electron chi connectivity index (χ0n) is 84.8. The van der Waals surface area contributed by atoms with Gasteiger partial charge in [-0.15, -0.1) is 11.8 Å². The zero-order chi connectivity index (χ0) is 101. The molecule has 0 aromatic heterocycles. The number of hydrogen-bond donors (Lipinski definition) is 10. The molecule has 6 aromatic carbocycles. The van der Waals surface area contributed by atoms with Crippen molar-refractivity contribution in [2.75, 3.05) is 38.7 Å². The second kappa shape index (κ2) is 47.8. The van der Waals surface area contributed by atoms with Crippen LogP contribution < -0.4 is 52.0 Å². The predicted octanol–water partition coefficient (Wildman–Crippen LogP) is 14.6. The number of esters is 1. The third-order valence-electron chi connectivity index (χ3n) is 28.4. The van der Waals surface area contributed by atoms with Crippen molar-refractivity contribution < 1.29 is 80.0 Å². The second-order valence-corrected chi connectivity index (χ2v) is 44.9. The highest BCUT2D eigenvalue weighted by Gasteiger charge is 2.53. The first-order valence-electron chi connectivity index (χ1n) is 50.5. The Morgan fingerprint density at radius 2 is 1.06 bits per heavy atom. The average Bonchev–Trinajstić information content (AvgIpc) is 0.836. The van der Waals surface area contributed by atoms with Crippen LogP contribution in [0.15, 0.2) is 144 Å². The maximum absolute atomic E-state index is 16.1. The molecule has 29 nitrogen and oxygen atoms in total. The Labute approximate surface area is 832 Å². The van der Waals surface area contributed by atoms with E-state index in [0.29, 0.717) is 54.5 Å². The zero-order valence-corrected chi connectivity index (χ0v) is 86.5. The number of carbonyl (C=O) groups is 10. The number of likely N-dealkylation sites (tertiary alicyclic amines) is 2. The third-order valence-corrected chi connectivity index (χ3v) is 31.7. The highest BCUT2D eigenvalue weighted by Crippen LogP contribution is 2.51. The number of benzene rings is 6. The molecule has 13 atom stereocenters. The fraction of sp³-hybridized carbons (Fsp3) is 0.569. The van der Waals surface area contributed by atoms with E-state index in [-0.39, 0.29) is 92.2 Å². The minimum atomic E-state index is -4.38. The van der Waals surface area contributed by atoms with Crippen molar-refractivity contribution in [3.05, 3.63) is 190 Å². The summed E-state index contributed by atoms with van der Waals surface area (Å²) in [5, 5.41) is 32.4. The smallest absolute Gasteiger partial charge is 0.407 e. The number of carbonyl (C=O) groups excluding carboxylic acids is 10. The number of alkyl carbamates (subject to hydrolysis) is 1. The molecular formula is C109H150N12O17S2. The first-order chi connectivity index (χ1) is 66.5. The van der Waals surface area contributed by atoms with Crippen molar-refractivity contribution in [3.8, 4) is 16.9 Å². The van der Waals surface area contributed by atoms with Gasteiger partial charge >= 0.3 is 12.1 Å². The number of thioether (sulfide) groups is 1. The fourth-order valence-electron chi connectivity index (χ4n) is 20.5. The van der Waals surface area contributed by atoms with Crippen LogP contribution in [0.2, 0.25) is 0 Å². The highest BCUT2D eigenvalue weighted by atomic mass is 32.2. The summed E-state index contributed by atoms with van der Waals surface area (Å²) in [6, 6.07) is 33.4. The van der Waals surface area contributed by atoms with Crippen LogP contribution in [0.3, 0.4) is 0 Å². The maximum Gasteiger partial charge on any atom is 0.407 e. The summed E-state index contributed by atoms with van der Waals surface area (Å²) in [4.78, 5) is 157. The van der Waals surface area contributed by atoms with Gasteiger partial charge in [-0.1, -0.05) is 220 Å². The van der Waals surface area contributed by atoms with E-state index in [1.165, 1.54) is 16.7 Å². The molecule has 0 unspecified atom stereocenters. The van der Waals surface area contributed by atoms with Gasteiger partial charge in [0.25, 0.3) is 10.0 Å². The Hall–Kier alpha value is -10.9. The summed E-state index contributed by atoms with van der Waals surface area (Å²) in [5.74, 6) is -7.59. The monoisotopic (exact) mass is 1960 g/mol. The van der Waals surface area contributed by atoms with Crippen LogP contribution in [0.5, 0.6) is 5.75 Å². The molecule has 10 N–H and O–H groups in total. The molecule has 6 aliphatic rings. The van der Waals surface area contributed by atoms with E-state index in [9.17, 15) is 18.0 Å². The van der Waals surface area contributed by atoms with Gasteiger partial charge in [-0.2, -0.15) is 0 Å².